The van der Waals surface area contributed by atoms with Crippen molar-refractivity contribution in [3.8, 4) is 0 Å². The molecule has 0 aliphatic rings. The first-order chi connectivity index (χ1) is 9.97. The van der Waals surface area contributed by atoms with E-state index in [1.54, 1.807) is 10.9 Å². The molecular weight excluding hydrogens is 296 g/mol. The van der Waals surface area contributed by atoms with Crippen molar-refractivity contribution in [2.24, 2.45) is 0 Å². The highest BCUT2D eigenvalue weighted by Crippen LogP contribution is 2.24. The summed E-state index contributed by atoms with van der Waals surface area (Å²) in [6, 6.07) is 3.87. The van der Waals surface area contributed by atoms with Crippen molar-refractivity contribution in [3.05, 3.63) is 56.9 Å². The number of hydrogen-bond donors (Lipinski definition) is 1. The summed E-state index contributed by atoms with van der Waals surface area (Å²) in [6.45, 7) is 2.87. The van der Waals surface area contributed by atoms with Gasteiger partial charge in [0.05, 0.1) is 17.7 Å². The molecule has 0 radical (unpaired) electrons. The standard InChI is InChI=1S/C13H13ClN4O3/c1-9-7-16-17(8-9)5-4-15-13(19)10-2-3-12(18(20)21)11(14)6-10/h2-3,6-8H,4-5H2,1H3,(H,15,19). The minimum Gasteiger partial charge on any atom is -0.350 e. The molecule has 0 saturated carbocycles. The van der Waals surface area contributed by atoms with E-state index >= 15 is 0 Å². The predicted molar refractivity (Wildman–Crippen MR) is 77.4 cm³/mol. The smallest absolute Gasteiger partial charge is 0.287 e. The number of hydrogen-bond acceptors (Lipinski definition) is 4. The molecule has 0 fully saturated rings. The lowest BCUT2D eigenvalue weighted by Gasteiger charge is -2.06. The van der Waals surface area contributed by atoms with Crippen molar-refractivity contribution in [1.82, 2.24) is 15.1 Å². The molecule has 0 aliphatic heterocycles. The molecule has 0 saturated heterocycles. The second-order valence-corrected chi connectivity index (χ2v) is 4.87. The zero-order valence-electron chi connectivity index (χ0n) is 11.2. The van der Waals surface area contributed by atoms with E-state index in [0.717, 1.165) is 5.56 Å². The SMILES string of the molecule is Cc1cnn(CCNC(=O)c2ccc([N+](=O)[O-])c(Cl)c2)c1. The highest BCUT2D eigenvalue weighted by Gasteiger charge is 2.14. The summed E-state index contributed by atoms with van der Waals surface area (Å²) < 4.78 is 1.72. The summed E-state index contributed by atoms with van der Waals surface area (Å²) in [4.78, 5) is 22.0. The first-order valence-electron chi connectivity index (χ1n) is 6.18. The minimum absolute atomic E-state index is 0.0599. The Hall–Kier alpha value is -2.41. The van der Waals surface area contributed by atoms with Gasteiger partial charge >= 0.3 is 0 Å². The summed E-state index contributed by atoms with van der Waals surface area (Å²) in [5.74, 6) is -0.337. The number of halogens is 1. The van der Waals surface area contributed by atoms with Gasteiger partial charge in [-0.2, -0.15) is 5.10 Å². The van der Waals surface area contributed by atoms with Crippen LogP contribution in [0.25, 0.3) is 0 Å². The van der Waals surface area contributed by atoms with Crippen LogP contribution in [0.15, 0.2) is 30.6 Å². The van der Waals surface area contributed by atoms with Crippen molar-refractivity contribution in [3.63, 3.8) is 0 Å². The lowest BCUT2D eigenvalue weighted by Crippen LogP contribution is -2.27. The zero-order chi connectivity index (χ0) is 15.4. The van der Waals surface area contributed by atoms with Gasteiger partial charge in [0.2, 0.25) is 0 Å². The Kier molecular flexibility index (Phi) is 4.54. The number of carbonyl (C=O) groups excluding carboxylic acids is 1. The number of nitro groups is 1. The molecule has 1 amide bonds. The third-order valence-electron chi connectivity index (χ3n) is 2.80. The van der Waals surface area contributed by atoms with Crippen molar-refractivity contribution in [2.75, 3.05) is 6.54 Å². The van der Waals surface area contributed by atoms with E-state index in [1.807, 2.05) is 13.1 Å². The van der Waals surface area contributed by atoms with E-state index in [4.69, 9.17) is 11.6 Å². The van der Waals surface area contributed by atoms with Gasteiger partial charge in [0.1, 0.15) is 5.02 Å². The maximum absolute atomic E-state index is 11.9. The molecule has 0 spiro atoms. The average molecular weight is 309 g/mol. The van der Waals surface area contributed by atoms with Crippen LogP contribution in [0.4, 0.5) is 5.69 Å². The highest BCUT2D eigenvalue weighted by atomic mass is 35.5. The fourth-order valence-corrected chi connectivity index (χ4v) is 2.02. The molecule has 8 heteroatoms. The molecule has 2 rings (SSSR count). The topological polar surface area (TPSA) is 90.1 Å². The van der Waals surface area contributed by atoms with E-state index < -0.39 is 4.92 Å². The molecule has 7 nitrogen and oxygen atoms in total. The van der Waals surface area contributed by atoms with E-state index in [0.29, 0.717) is 13.1 Å². The minimum atomic E-state index is -0.593. The van der Waals surface area contributed by atoms with Gasteiger partial charge in [0, 0.05) is 24.4 Å². The average Bonchev–Trinajstić information content (AvgIpc) is 2.83. The van der Waals surface area contributed by atoms with E-state index in [2.05, 4.69) is 10.4 Å². The van der Waals surface area contributed by atoms with Gasteiger partial charge in [-0.25, -0.2) is 0 Å². The Balaban J connectivity index is 1.94. The molecule has 0 aliphatic carbocycles. The van der Waals surface area contributed by atoms with Crippen LogP contribution in [0.1, 0.15) is 15.9 Å². The van der Waals surface area contributed by atoms with Crippen LogP contribution < -0.4 is 5.32 Å². The summed E-state index contributed by atoms with van der Waals surface area (Å²) in [6.07, 6.45) is 3.60. The number of amides is 1. The van der Waals surface area contributed by atoms with Crippen LogP contribution in [0.3, 0.4) is 0 Å². The molecule has 110 valence electrons. The Bertz CT molecular complexity index is 684. The Labute approximate surface area is 125 Å². The Morgan fingerprint density at radius 3 is 2.86 bits per heavy atom. The van der Waals surface area contributed by atoms with Crippen molar-refractivity contribution >= 4 is 23.2 Å². The zero-order valence-corrected chi connectivity index (χ0v) is 12.0. The summed E-state index contributed by atoms with van der Waals surface area (Å²) >= 11 is 5.77. The van der Waals surface area contributed by atoms with Crippen molar-refractivity contribution in [2.45, 2.75) is 13.5 Å². The third-order valence-corrected chi connectivity index (χ3v) is 3.10. The molecule has 0 unspecified atom stereocenters. The van der Waals surface area contributed by atoms with Crippen LogP contribution in [-0.4, -0.2) is 27.2 Å². The van der Waals surface area contributed by atoms with Gasteiger partial charge in [0.25, 0.3) is 11.6 Å². The molecule has 1 aromatic heterocycles. The molecule has 1 aromatic carbocycles. The van der Waals surface area contributed by atoms with Crippen LogP contribution in [-0.2, 0) is 6.54 Å². The van der Waals surface area contributed by atoms with E-state index in [-0.39, 0.29) is 22.2 Å². The number of nitrogens with one attached hydrogen (secondary N) is 1. The van der Waals surface area contributed by atoms with Gasteiger partial charge in [-0.05, 0) is 24.6 Å². The molecular formula is C13H13ClN4O3. The molecule has 0 bridgehead atoms. The fraction of sp³-hybridized carbons (Fsp3) is 0.231. The van der Waals surface area contributed by atoms with Crippen LogP contribution in [0, 0.1) is 17.0 Å². The number of aromatic nitrogens is 2. The van der Waals surface area contributed by atoms with Gasteiger partial charge in [-0.3, -0.25) is 19.6 Å². The van der Waals surface area contributed by atoms with Crippen LogP contribution in [0.5, 0.6) is 0 Å². The number of rotatable bonds is 5. The molecule has 21 heavy (non-hydrogen) atoms. The molecule has 0 atom stereocenters. The fourth-order valence-electron chi connectivity index (χ4n) is 1.77. The van der Waals surface area contributed by atoms with Gasteiger partial charge in [0.15, 0.2) is 0 Å². The lowest BCUT2D eigenvalue weighted by molar-refractivity contribution is -0.384. The third kappa shape index (κ3) is 3.79. The molecule has 2 aromatic rings. The van der Waals surface area contributed by atoms with E-state index in [9.17, 15) is 14.9 Å². The van der Waals surface area contributed by atoms with Gasteiger partial charge < -0.3 is 5.32 Å². The quantitative estimate of drug-likeness (QED) is 0.677. The van der Waals surface area contributed by atoms with Crippen molar-refractivity contribution < 1.29 is 9.72 Å². The number of carbonyl (C=O) groups is 1. The lowest BCUT2D eigenvalue weighted by atomic mass is 10.2. The maximum Gasteiger partial charge on any atom is 0.287 e. The first-order valence-corrected chi connectivity index (χ1v) is 6.56. The highest BCUT2D eigenvalue weighted by molar-refractivity contribution is 6.33. The summed E-state index contributed by atoms with van der Waals surface area (Å²) in [5.41, 5.74) is 1.10. The first kappa shape index (κ1) is 15.0. The van der Waals surface area contributed by atoms with Gasteiger partial charge in [-0.15, -0.1) is 0 Å². The number of aryl methyl sites for hydroxylation is 1. The second kappa shape index (κ2) is 6.36. The normalized spacial score (nSPS) is 10.4. The van der Waals surface area contributed by atoms with Gasteiger partial charge in [-0.1, -0.05) is 11.6 Å². The van der Waals surface area contributed by atoms with Crippen LogP contribution in [0.2, 0.25) is 5.02 Å². The van der Waals surface area contributed by atoms with E-state index in [1.165, 1.54) is 18.2 Å². The monoisotopic (exact) mass is 308 g/mol. The largest absolute Gasteiger partial charge is 0.350 e. The maximum atomic E-state index is 11.9. The Morgan fingerprint density at radius 2 is 2.29 bits per heavy atom. The number of nitrogens with zero attached hydrogens (tertiary/aromatic N) is 3. The number of benzene rings is 1. The number of nitro benzene ring substituents is 1. The van der Waals surface area contributed by atoms with Crippen molar-refractivity contribution in [1.29, 1.82) is 0 Å². The predicted octanol–water partition coefficient (Wildman–Crippen LogP) is 2.18. The Morgan fingerprint density at radius 1 is 1.52 bits per heavy atom. The second-order valence-electron chi connectivity index (χ2n) is 4.46. The summed E-state index contributed by atoms with van der Waals surface area (Å²) in [5, 5.41) is 17.4. The van der Waals surface area contributed by atoms with Crippen LogP contribution >= 0.6 is 11.6 Å². The molecule has 1 heterocycles. The molecule has 1 N–H and O–H groups in total. The summed E-state index contributed by atoms with van der Waals surface area (Å²) in [7, 11) is 0.